The number of fused-ring (bicyclic) bond motifs is 1. The first-order valence-electron chi connectivity index (χ1n) is 10.5. The Bertz CT molecular complexity index is 1280. The summed E-state index contributed by atoms with van der Waals surface area (Å²) >= 11 is 3.35. The van der Waals surface area contributed by atoms with Crippen LogP contribution in [0.2, 0.25) is 0 Å². The molecule has 0 fully saturated rings. The Morgan fingerprint density at radius 1 is 1.06 bits per heavy atom. The van der Waals surface area contributed by atoms with Crippen LogP contribution in [0, 0.1) is 11.3 Å². The Labute approximate surface area is 205 Å². The number of ether oxygens (including phenoxy) is 4. The maximum absolute atomic E-state index is 12.3. The highest BCUT2D eigenvalue weighted by Gasteiger charge is 2.31. The van der Waals surface area contributed by atoms with Gasteiger partial charge < -0.3 is 24.7 Å². The van der Waals surface area contributed by atoms with E-state index in [1.54, 1.807) is 30.3 Å². The fraction of sp³-hybridized carbons (Fsp3) is 0.154. The van der Waals surface area contributed by atoms with E-state index in [0.717, 1.165) is 15.6 Å². The molecule has 3 aromatic carbocycles. The van der Waals surface area contributed by atoms with Crippen molar-refractivity contribution in [3.63, 3.8) is 0 Å². The molecule has 1 unspecified atom stereocenters. The third-order valence-electron chi connectivity index (χ3n) is 5.09. The van der Waals surface area contributed by atoms with E-state index in [2.05, 4.69) is 22.0 Å². The zero-order valence-electron chi connectivity index (χ0n) is 18.3. The summed E-state index contributed by atoms with van der Waals surface area (Å²) in [6, 6.07) is 21.8. The van der Waals surface area contributed by atoms with Gasteiger partial charge in [-0.25, -0.2) is 4.79 Å². The second-order valence-electron chi connectivity index (χ2n) is 7.35. The highest BCUT2D eigenvalue weighted by molar-refractivity contribution is 9.10. The van der Waals surface area contributed by atoms with Gasteiger partial charge in [-0.15, -0.1) is 0 Å². The molecule has 1 aliphatic rings. The molecule has 2 N–H and O–H groups in total. The first-order chi connectivity index (χ1) is 16.5. The van der Waals surface area contributed by atoms with Crippen LogP contribution in [0.4, 0.5) is 0 Å². The first kappa shape index (κ1) is 23.2. The molecule has 7 nitrogen and oxygen atoms in total. The predicted octanol–water partition coefficient (Wildman–Crippen LogP) is 5.05. The minimum absolute atomic E-state index is 0.00358. The minimum atomic E-state index is -0.569. The maximum Gasteiger partial charge on any atom is 0.349 e. The monoisotopic (exact) mass is 520 g/mol. The van der Waals surface area contributed by atoms with Gasteiger partial charge in [0.1, 0.15) is 34.6 Å². The molecule has 0 bridgehead atoms. The summed E-state index contributed by atoms with van der Waals surface area (Å²) in [4.78, 5) is 12.3. The molecule has 8 heteroatoms. The van der Waals surface area contributed by atoms with Gasteiger partial charge in [0.15, 0.2) is 6.61 Å². The van der Waals surface area contributed by atoms with Crippen molar-refractivity contribution in [3.8, 4) is 29.1 Å². The molecule has 1 heterocycles. The number of hydrogen-bond acceptors (Lipinski definition) is 7. The van der Waals surface area contributed by atoms with Crippen molar-refractivity contribution in [2.45, 2.75) is 12.8 Å². The van der Waals surface area contributed by atoms with Gasteiger partial charge >= 0.3 is 5.97 Å². The quantitative estimate of drug-likeness (QED) is 0.343. The van der Waals surface area contributed by atoms with Crippen LogP contribution in [0.25, 0.3) is 0 Å². The lowest BCUT2D eigenvalue weighted by Gasteiger charge is -2.27. The smallest absolute Gasteiger partial charge is 0.349 e. The van der Waals surface area contributed by atoms with Gasteiger partial charge in [0.05, 0.1) is 12.5 Å². The lowest BCUT2D eigenvalue weighted by molar-refractivity contribution is -0.136. The molecule has 0 aliphatic carbocycles. The number of rotatable bonds is 7. The van der Waals surface area contributed by atoms with E-state index in [-0.39, 0.29) is 18.2 Å². The van der Waals surface area contributed by atoms with Crippen LogP contribution in [0.1, 0.15) is 24.0 Å². The molecule has 0 aromatic heterocycles. The lowest BCUT2D eigenvalue weighted by atomic mass is 9.83. The van der Waals surface area contributed by atoms with Crippen LogP contribution >= 0.6 is 15.9 Å². The number of nitrogens with two attached hydrogens (primary N) is 1. The third kappa shape index (κ3) is 5.16. The number of nitriles is 1. The normalized spacial score (nSPS) is 14.4. The number of esters is 1. The topological polar surface area (TPSA) is 104 Å². The molecule has 1 aliphatic heterocycles. The van der Waals surface area contributed by atoms with Crippen LogP contribution in [0.5, 0.6) is 23.0 Å². The van der Waals surface area contributed by atoms with E-state index < -0.39 is 11.9 Å². The number of carbonyl (C=O) groups is 1. The summed E-state index contributed by atoms with van der Waals surface area (Å²) in [7, 11) is 0. The molecule has 3 aromatic rings. The molecule has 1 atom stereocenters. The van der Waals surface area contributed by atoms with Crippen molar-refractivity contribution in [1.82, 2.24) is 0 Å². The summed E-state index contributed by atoms with van der Waals surface area (Å²) < 4.78 is 23.1. The van der Waals surface area contributed by atoms with E-state index in [9.17, 15) is 10.1 Å². The molecule has 172 valence electrons. The van der Waals surface area contributed by atoms with E-state index in [1.165, 1.54) is 0 Å². The molecule has 0 spiro atoms. The molecular formula is C26H21BrN2O5. The van der Waals surface area contributed by atoms with Crippen LogP contribution in [-0.4, -0.2) is 19.2 Å². The molecule has 0 amide bonds. The first-order valence-corrected chi connectivity index (χ1v) is 11.3. The van der Waals surface area contributed by atoms with Crippen molar-refractivity contribution in [2.75, 3.05) is 13.2 Å². The maximum atomic E-state index is 12.3. The van der Waals surface area contributed by atoms with Crippen LogP contribution in [0.15, 0.2) is 82.7 Å². The average Bonchev–Trinajstić information content (AvgIpc) is 2.83. The van der Waals surface area contributed by atoms with Crippen LogP contribution in [-0.2, 0) is 4.79 Å². The largest absolute Gasteiger partial charge is 0.494 e. The van der Waals surface area contributed by atoms with Gasteiger partial charge in [-0.2, -0.15) is 5.26 Å². The Kier molecular flexibility index (Phi) is 7.04. The van der Waals surface area contributed by atoms with E-state index in [0.29, 0.717) is 29.4 Å². The highest BCUT2D eigenvalue weighted by atomic mass is 79.9. The number of allylic oxidation sites excluding steroid dienone is 1. The Morgan fingerprint density at radius 2 is 1.82 bits per heavy atom. The van der Waals surface area contributed by atoms with Crippen molar-refractivity contribution in [1.29, 1.82) is 5.26 Å². The van der Waals surface area contributed by atoms with E-state index in [4.69, 9.17) is 24.7 Å². The average molecular weight is 521 g/mol. The van der Waals surface area contributed by atoms with E-state index >= 15 is 0 Å². The number of nitrogens with zero attached hydrogens (tertiary/aromatic N) is 1. The number of hydrogen-bond donors (Lipinski definition) is 1. The van der Waals surface area contributed by atoms with Gasteiger partial charge in [-0.05, 0) is 55.0 Å². The fourth-order valence-electron chi connectivity index (χ4n) is 3.63. The summed E-state index contributed by atoms with van der Waals surface area (Å²) in [5, 5.41) is 9.75. The summed E-state index contributed by atoms with van der Waals surface area (Å²) in [6.07, 6.45) is 0. The molecule has 0 saturated carbocycles. The van der Waals surface area contributed by atoms with Crippen LogP contribution < -0.4 is 24.7 Å². The lowest BCUT2D eigenvalue weighted by Crippen LogP contribution is -2.21. The fourth-order valence-corrected chi connectivity index (χ4v) is 3.89. The Balaban J connectivity index is 1.55. The SMILES string of the molecule is CCOc1cccc(C2C(C#N)=C(N)Oc3cc(OC(=O)COc4ccc(Br)cc4)ccc32)c1. The van der Waals surface area contributed by atoms with Crippen molar-refractivity contribution < 1.29 is 23.7 Å². The van der Waals surface area contributed by atoms with Gasteiger partial charge in [0, 0.05) is 16.1 Å². The number of halogens is 1. The van der Waals surface area contributed by atoms with Crippen molar-refractivity contribution >= 4 is 21.9 Å². The molecule has 0 saturated heterocycles. The Morgan fingerprint density at radius 3 is 2.56 bits per heavy atom. The van der Waals surface area contributed by atoms with Gasteiger partial charge in [0.2, 0.25) is 5.88 Å². The predicted molar refractivity (Wildman–Crippen MR) is 129 cm³/mol. The summed E-state index contributed by atoms with van der Waals surface area (Å²) in [5.74, 6) is 0.915. The van der Waals surface area contributed by atoms with Gasteiger partial charge in [0.25, 0.3) is 0 Å². The standard InChI is InChI=1S/C26H21BrN2O5/c1-2-31-19-5-3-4-16(12-19)25-21-11-10-20(13-23(21)34-26(29)22(25)14-28)33-24(30)15-32-18-8-6-17(27)7-9-18/h3-13,25H,2,15,29H2,1H3. The van der Waals surface area contributed by atoms with Crippen LogP contribution in [0.3, 0.4) is 0 Å². The number of benzene rings is 3. The zero-order valence-corrected chi connectivity index (χ0v) is 19.9. The van der Waals surface area contributed by atoms with Crippen molar-refractivity contribution in [2.24, 2.45) is 5.73 Å². The molecule has 4 rings (SSSR count). The van der Waals surface area contributed by atoms with E-state index in [1.807, 2.05) is 43.3 Å². The molecule has 0 radical (unpaired) electrons. The molecular weight excluding hydrogens is 500 g/mol. The zero-order chi connectivity index (χ0) is 24.1. The second-order valence-corrected chi connectivity index (χ2v) is 8.26. The Hall–Kier alpha value is -3.96. The van der Waals surface area contributed by atoms with Crippen molar-refractivity contribution in [3.05, 3.63) is 93.8 Å². The van der Waals surface area contributed by atoms with Gasteiger partial charge in [-0.3, -0.25) is 0 Å². The summed E-state index contributed by atoms with van der Waals surface area (Å²) in [6.45, 7) is 2.17. The number of carbonyl (C=O) groups excluding carboxylic acids is 1. The summed E-state index contributed by atoms with van der Waals surface area (Å²) in [5.41, 5.74) is 7.94. The minimum Gasteiger partial charge on any atom is -0.494 e. The molecule has 34 heavy (non-hydrogen) atoms. The second kappa shape index (κ2) is 10.3. The van der Waals surface area contributed by atoms with Gasteiger partial charge in [-0.1, -0.05) is 34.1 Å². The third-order valence-corrected chi connectivity index (χ3v) is 5.62. The highest BCUT2D eigenvalue weighted by Crippen LogP contribution is 2.44.